The Kier molecular flexibility index (Phi) is 5.89. The average Bonchev–Trinajstić information content (AvgIpc) is 3.23. The molecule has 2 aromatic rings. The fourth-order valence-electron chi connectivity index (χ4n) is 2.68. The van der Waals surface area contributed by atoms with Crippen LogP contribution in [0, 0.1) is 19.1 Å². The van der Waals surface area contributed by atoms with E-state index in [1.54, 1.807) is 11.8 Å². The summed E-state index contributed by atoms with van der Waals surface area (Å²) in [6.07, 6.45) is 7.88. The van der Waals surface area contributed by atoms with Gasteiger partial charge in [0.05, 0.1) is 0 Å². The molecule has 0 saturated carbocycles. The van der Waals surface area contributed by atoms with Crippen LogP contribution in [0.15, 0.2) is 64.9 Å². The molecule has 6 heteroatoms. The summed E-state index contributed by atoms with van der Waals surface area (Å²) in [5.41, 5.74) is 3.14. The Morgan fingerprint density at radius 1 is 0.815 bits per heavy atom. The number of rotatable bonds is 4. The first-order valence-corrected chi connectivity index (χ1v) is 9.06. The van der Waals surface area contributed by atoms with E-state index in [2.05, 4.69) is 49.3 Å². The van der Waals surface area contributed by atoms with Crippen molar-refractivity contribution in [2.45, 2.75) is 16.7 Å². The van der Waals surface area contributed by atoms with Gasteiger partial charge in [0.25, 0.3) is 12.4 Å². The van der Waals surface area contributed by atoms with Gasteiger partial charge in [0, 0.05) is 0 Å². The Balaban J connectivity index is 0.00000210. The maximum absolute atomic E-state index is 3.47. The van der Waals surface area contributed by atoms with E-state index in [1.165, 1.54) is 5.56 Å². The molecule has 0 spiro atoms. The molecule has 2 aliphatic rings. The van der Waals surface area contributed by atoms with Gasteiger partial charge in [-0.05, 0) is 0 Å². The van der Waals surface area contributed by atoms with Crippen LogP contribution in [0.1, 0.15) is 5.56 Å². The number of benzene rings is 2. The van der Waals surface area contributed by atoms with Gasteiger partial charge >= 0.3 is 33.1 Å². The molecule has 134 valence electrons. The third kappa shape index (κ3) is 4.53. The first-order valence-electron chi connectivity index (χ1n) is 8.24. The van der Waals surface area contributed by atoms with Gasteiger partial charge in [-0.3, -0.25) is 0 Å². The molecule has 0 unspecified atom stereocenters. The maximum atomic E-state index is 3.47. The molecule has 0 amide bonds. The number of hydrogen-bond donors (Lipinski definition) is 0. The third-order valence-corrected chi connectivity index (χ3v) is 4.77. The summed E-state index contributed by atoms with van der Waals surface area (Å²) in [5, 5.41) is 0. The van der Waals surface area contributed by atoms with Crippen molar-refractivity contribution in [3.05, 3.63) is 72.8 Å². The molecule has 0 N–H and O–H groups in total. The van der Waals surface area contributed by atoms with Crippen LogP contribution in [0.2, 0.25) is 0 Å². The van der Waals surface area contributed by atoms with Crippen molar-refractivity contribution in [3.63, 3.8) is 0 Å². The first-order chi connectivity index (χ1) is 12.6. The Bertz CT molecular complexity index is 1110. The van der Waals surface area contributed by atoms with Crippen molar-refractivity contribution in [2.24, 2.45) is 0 Å². The summed E-state index contributed by atoms with van der Waals surface area (Å²) >= 11 is 1.65. The number of aryl methyl sites for hydroxylation is 1. The number of nitrogens with zero attached hydrogens (tertiary/aromatic N) is 4. The second-order valence-corrected chi connectivity index (χ2v) is 7.25. The molecule has 0 radical (unpaired) electrons. The molecule has 0 aliphatic carbocycles. The van der Waals surface area contributed by atoms with Crippen molar-refractivity contribution in [2.75, 3.05) is 14.1 Å². The minimum absolute atomic E-state index is 0. The van der Waals surface area contributed by atoms with Crippen molar-refractivity contribution >= 4 is 35.2 Å². The zero-order chi connectivity index (χ0) is 18.1. The van der Waals surface area contributed by atoms with E-state index in [0.29, 0.717) is 0 Å². The van der Waals surface area contributed by atoms with Gasteiger partial charge in [0.2, 0.25) is 12.4 Å². The zero-order valence-electron chi connectivity index (χ0n) is 15.2. The van der Waals surface area contributed by atoms with Crippen LogP contribution in [0.3, 0.4) is 0 Å². The van der Waals surface area contributed by atoms with Gasteiger partial charge in [-0.2, -0.15) is 23.8 Å². The fourth-order valence-corrected chi connectivity index (χ4v) is 3.62. The van der Waals surface area contributed by atoms with E-state index >= 15 is 0 Å². The molecule has 27 heavy (non-hydrogen) atoms. The van der Waals surface area contributed by atoms with Crippen molar-refractivity contribution in [1.82, 2.24) is 0 Å². The standard InChI is InChI=1S/C21H18N4S.Pt/c1-17-11-19(25-10-8-23(3)16-25)14-21(12-17)26-20-6-4-5-18(13-20)24-9-7-22(2)15-24;/h4-12H,1-3H3;/q2*+2. The summed E-state index contributed by atoms with van der Waals surface area (Å²) in [7, 11) is 3.91. The molecule has 2 heterocycles. The maximum Gasteiger partial charge on any atom is 2.00 e. The molecule has 0 atom stereocenters. The first kappa shape index (κ1) is 19.5. The molecule has 0 saturated heterocycles. The molecular formula is C21H18N4PtS+4. The summed E-state index contributed by atoms with van der Waals surface area (Å²) in [6, 6.07) is 23.7. The van der Waals surface area contributed by atoms with E-state index in [1.807, 2.05) is 69.3 Å². The van der Waals surface area contributed by atoms with Crippen molar-refractivity contribution in [3.8, 4) is 0 Å². The van der Waals surface area contributed by atoms with Gasteiger partial charge in [-0.15, -0.1) is 11.8 Å². The molecule has 0 bridgehead atoms. The SMILES string of the molecule is Cc1cc(Sc2[c-]c([N+]3=C=[N+](C)C=C3)ccc2)[c-]c([N+]2=C=[N+](C)C=C2)c1.[Pt+2]. The third-order valence-electron chi connectivity index (χ3n) is 3.88. The Labute approximate surface area is 177 Å². The smallest absolute Gasteiger partial charge is 0.165 e. The number of hydrogen-bond acceptors (Lipinski definition) is 1. The van der Waals surface area contributed by atoms with Gasteiger partial charge in [-0.25, -0.2) is 0 Å². The molecule has 4 rings (SSSR count). The van der Waals surface area contributed by atoms with Crippen LogP contribution >= 0.6 is 11.8 Å². The second-order valence-electron chi connectivity index (χ2n) is 6.17. The largest absolute Gasteiger partial charge is 2.00 e. The average molecular weight is 554 g/mol. The van der Waals surface area contributed by atoms with Gasteiger partial charge < -0.3 is 0 Å². The second kappa shape index (κ2) is 8.17. The zero-order valence-corrected chi connectivity index (χ0v) is 18.3. The van der Waals surface area contributed by atoms with Crippen molar-refractivity contribution < 1.29 is 39.4 Å². The van der Waals surface area contributed by atoms with Crippen LogP contribution in [0.5, 0.6) is 0 Å². The Morgan fingerprint density at radius 2 is 1.44 bits per heavy atom. The van der Waals surface area contributed by atoms with E-state index in [4.69, 9.17) is 0 Å². The Morgan fingerprint density at radius 3 is 2.07 bits per heavy atom. The van der Waals surface area contributed by atoms with Crippen molar-refractivity contribution in [1.29, 1.82) is 0 Å². The van der Waals surface area contributed by atoms with Gasteiger partial charge in [-0.1, -0.05) is 59.3 Å². The molecule has 2 aromatic carbocycles. The summed E-state index contributed by atoms with van der Waals surface area (Å²) in [5.74, 6) is 0. The molecule has 0 aromatic heterocycles. The molecule has 0 fully saturated rings. The van der Waals surface area contributed by atoms with Gasteiger partial charge in [0.15, 0.2) is 14.1 Å². The summed E-state index contributed by atoms with van der Waals surface area (Å²) in [4.78, 5) is 2.10. The van der Waals surface area contributed by atoms with Crippen LogP contribution < -0.4 is 0 Å². The van der Waals surface area contributed by atoms with E-state index in [9.17, 15) is 0 Å². The van der Waals surface area contributed by atoms with E-state index < -0.39 is 0 Å². The predicted octanol–water partition coefficient (Wildman–Crippen LogP) is 3.63. The minimum atomic E-state index is 0. The monoisotopic (exact) mass is 553 g/mol. The quantitative estimate of drug-likeness (QED) is 0.416. The van der Waals surface area contributed by atoms with E-state index in [0.717, 1.165) is 21.2 Å². The fraction of sp³-hybridized carbons (Fsp3) is 0.143. The predicted molar refractivity (Wildman–Crippen MR) is 99.9 cm³/mol. The molecular weight excluding hydrogens is 535 g/mol. The Hall–Kier alpha value is -2.28. The van der Waals surface area contributed by atoms with Crippen LogP contribution in [-0.2, 0) is 21.1 Å². The molecule has 4 nitrogen and oxygen atoms in total. The molecule has 2 aliphatic heterocycles. The summed E-state index contributed by atoms with van der Waals surface area (Å²) < 4.78 is 7.67. The topological polar surface area (TPSA) is 12.0 Å². The van der Waals surface area contributed by atoms with Gasteiger partial charge in [0.1, 0.15) is 11.4 Å². The normalized spacial score (nSPS) is 14.5. The minimum Gasteiger partial charge on any atom is -0.165 e. The van der Waals surface area contributed by atoms with Crippen LogP contribution in [0.25, 0.3) is 0 Å². The summed E-state index contributed by atoms with van der Waals surface area (Å²) in [6.45, 7) is 2.10. The van der Waals surface area contributed by atoms with Crippen LogP contribution in [0.4, 0.5) is 11.4 Å². The van der Waals surface area contributed by atoms with E-state index in [-0.39, 0.29) is 21.1 Å². The van der Waals surface area contributed by atoms with Crippen LogP contribution in [-0.4, -0.2) is 44.4 Å².